The predicted molar refractivity (Wildman–Crippen MR) is 90.8 cm³/mol. The van der Waals surface area contributed by atoms with E-state index in [-0.39, 0.29) is 17.6 Å². The third-order valence-electron chi connectivity index (χ3n) is 4.11. The van der Waals surface area contributed by atoms with Gasteiger partial charge >= 0.3 is 0 Å². The Morgan fingerprint density at radius 2 is 2.27 bits per heavy atom. The van der Waals surface area contributed by atoms with E-state index >= 15 is 0 Å². The van der Waals surface area contributed by atoms with Gasteiger partial charge in [-0.25, -0.2) is 0 Å². The zero-order chi connectivity index (χ0) is 15.7. The Labute approximate surface area is 139 Å². The molecule has 0 aliphatic carbocycles. The van der Waals surface area contributed by atoms with E-state index in [2.05, 4.69) is 41.2 Å². The SMILES string of the molecule is CC1(C)CC(NC(=O)Cn2ccc3ccc(Br)cc32)CCO1. The van der Waals surface area contributed by atoms with Gasteiger partial charge < -0.3 is 14.6 Å². The van der Waals surface area contributed by atoms with Crippen molar-refractivity contribution in [1.82, 2.24) is 9.88 Å². The number of carbonyl (C=O) groups excluding carboxylic acids is 1. The zero-order valence-electron chi connectivity index (χ0n) is 12.9. The van der Waals surface area contributed by atoms with Crippen LogP contribution >= 0.6 is 15.9 Å². The van der Waals surface area contributed by atoms with E-state index in [1.165, 1.54) is 0 Å². The molecule has 1 fully saturated rings. The quantitative estimate of drug-likeness (QED) is 0.905. The highest BCUT2D eigenvalue weighted by molar-refractivity contribution is 9.10. The molecule has 5 heteroatoms. The number of hydrogen-bond acceptors (Lipinski definition) is 2. The Bertz CT molecular complexity index is 693. The van der Waals surface area contributed by atoms with E-state index in [0.29, 0.717) is 13.2 Å². The van der Waals surface area contributed by atoms with Crippen LogP contribution in [0.1, 0.15) is 26.7 Å². The fourth-order valence-electron chi connectivity index (χ4n) is 3.08. The normalized spacial score (nSPS) is 21.0. The monoisotopic (exact) mass is 364 g/mol. The smallest absolute Gasteiger partial charge is 0.240 e. The summed E-state index contributed by atoms with van der Waals surface area (Å²) in [4.78, 5) is 12.3. The number of amides is 1. The van der Waals surface area contributed by atoms with Crippen LogP contribution in [0, 0.1) is 0 Å². The van der Waals surface area contributed by atoms with Crippen molar-refractivity contribution in [2.75, 3.05) is 6.61 Å². The lowest BCUT2D eigenvalue weighted by atomic mass is 9.94. The summed E-state index contributed by atoms with van der Waals surface area (Å²) < 4.78 is 8.70. The summed E-state index contributed by atoms with van der Waals surface area (Å²) in [5, 5.41) is 4.28. The van der Waals surface area contributed by atoms with Crippen LogP contribution < -0.4 is 5.32 Å². The molecule has 1 aliphatic rings. The highest BCUT2D eigenvalue weighted by atomic mass is 79.9. The van der Waals surface area contributed by atoms with Crippen molar-refractivity contribution in [3.05, 3.63) is 34.9 Å². The van der Waals surface area contributed by atoms with E-state index in [1.54, 1.807) is 0 Å². The molecule has 1 saturated heterocycles. The van der Waals surface area contributed by atoms with Crippen LogP contribution in [0.25, 0.3) is 10.9 Å². The van der Waals surface area contributed by atoms with Crippen molar-refractivity contribution in [3.8, 4) is 0 Å². The number of ether oxygens (including phenoxy) is 1. The molecule has 118 valence electrons. The number of rotatable bonds is 3. The Morgan fingerprint density at radius 3 is 3.05 bits per heavy atom. The second kappa shape index (κ2) is 6.05. The van der Waals surface area contributed by atoms with Gasteiger partial charge in [0.1, 0.15) is 6.54 Å². The standard InChI is InChI=1S/C17H21BrN2O2/c1-17(2)10-14(6-8-22-17)19-16(21)11-20-7-5-12-3-4-13(18)9-15(12)20/h3-5,7,9,14H,6,8,10-11H2,1-2H3,(H,19,21). The average Bonchev–Trinajstić information content (AvgIpc) is 2.80. The summed E-state index contributed by atoms with van der Waals surface area (Å²) in [5.41, 5.74) is 0.915. The van der Waals surface area contributed by atoms with Crippen molar-refractivity contribution >= 4 is 32.7 Å². The van der Waals surface area contributed by atoms with Gasteiger partial charge in [0.15, 0.2) is 0 Å². The number of halogens is 1. The Morgan fingerprint density at radius 1 is 1.45 bits per heavy atom. The second-order valence-electron chi connectivity index (χ2n) is 6.51. The maximum atomic E-state index is 12.3. The molecule has 0 bridgehead atoms. The maximum absolute atomic E-state index is 12.3. The third-order valence-corrected chi connectivity index (χ3v) is 4.61. The molecule has 1 atom stereocenters. The molecule has 1 aromatic heterocycles. The van der Waals surface area contributed by atoms with E-state index in [1.807, 2.05) is 29.0 Å². The van der Waals surface area contributed by atoms with Crippen LogP contribution in [0.5, 0.6) is 0 Å². The van der Waals surface area contributed by atoms with Gasteiger partial charge in [0.25, 0.3) is 0 Å². The van der Waals surface area contributed by atoms with Gasteiger partial charge in [-0.3, -0.25) is 4.79 Å². The first-order valence-corrected chi connectivity index (χ1v) is 8.40. The molecule has 1 N–H and O–H groups in total. The minimum atomic E-state index is -0.152. The highest BCUT2D eigenvalue weighted by Gasteiger charge is 2.29. The van der Waals surface area contributed by atoms with Crippen molar-refractivity contribution < 1.29 is 9.53 Å². The molecule has 0 radical (unpaired) electrons. The van der Waals surface area contributed by atoms with Crippen molar-refractivity contribution in [1.29, 1.82) is 0 Å². The summed E-state index contributed by atoms with van der Waals surface area (Å²) in [6, 6.07) is 8.34. The minimum absolute atomic E-state index is 0.0557. The molecule has 2 heterocycles. The van der Waals surface area contributed by atoms with E-state index in [9.17, 15) is 4.79 Å². The van der Waals surface area contributed by atoms with E-state index in [4.69, 9.17) is 4.74 Å². The first kappa shape index (κ1) is 15.6. The van der Waals surface area contributed by atoms with Crippen LogP contribution in [-0.4, -0.2) is 28.7 Å². The van der Waals surface area contributed by atoms with Gasteiger partial charge in [0, 0.05) is 28.8 Å². The van der Waals surface area contributed by atoms with Crippen LogP contribution in [0.2, 0.25) is 0 Å². The maximum Gasteiger partial charge on any atom is 0.240 e. The summed E-state index contributed by atoms with van der Waals surface area (Å²) in [7, 11) is 0. The van der Waals surface area contributed by atoms with Gasteiger partial charge in [-0.15, -0.1) is 0 Å². The van der Waals surface area contributed by atoms with Gasteiger partial charge in [-0.05, 0) is 50.3 Å². The van der Waals surface area contributed by atoms with Crippen LogP contribution in [0.15, 0.2) is 34.9 Å². The Kier molecular flexibility index (Phi) is 4.28. The number of nitrogens with one attached hydrogen (secondary N) is 1. The fourth-order valence-corrected chi connectivity index (χ4v) is 3.43. The lowest BCUT2D eigenvalue weighted by molar-refractivity contribution is -0.124. The zero-order valence-corrected chi connectivity index (χ0v) is 14.5. The molecule has 1 amide bonds. The van der Waals surface area contributed by atoms with Crippen molar-refractivity contribution in [2.24, 2.45) is 0 Å². The molecule has 1 unspecified atom stereocenters. The molecular weight excluding hydrogens is 344 g/mol. The third kappa shape index (κ3) is 3.52. The molecule has 4 nitrogen and oxygen atoms in total. The molecule has 3 rings (SSSR count). The van der Waals surface area contributed by atoms with Crippen LogP contribution in [0.4, 0.5) is 0 Å². The Balaban J connectivity index is 1.67. The first-order chi connectivity index (χ1) is 10.4. The molecule has 0 spiro atoms. The molecule has 1 aliphatic heterocycles. The molecule has 2 aromatic rings. The minimum Gasteiger partial charge on any atom is -0.375 e. The summed E-state index contributed by atoms with van der Waals surface area (Å²) in [6.45, 7) is 5.19. The number of benzene rings is 1. The largest absolute Gasteiger partial charge is 0.375 e. The summed E-state index contributed by atoms with van der Waals surface area (Å²) in [6.07, 6.45) is 3.70. The lowest BCUT2D eigenvalue weighted by Gasteiger charge is -2.35. The number of fused-ring (bicyclic) bond motifs is 1. The van der Waals surface area contributed by atoms with Gasteiger partial charge in [0.2, 0.25) is 5.91 Å². The summed E-state index contributed by atoms with van der Waals surface area (Å²) >= 11 is 3.48. The van der Waals surface area contributed by atoms with Crippen molar-refractivity contribution in [2.45, 2.75) is 44.9 Å². The number of nitrogens with zero attached hydrogens (tertiary/aromatic N) is 1. The number of hydrogen-bond donors (Lipinski definition) is 1. The topological polar surface area (TPSA) is 43.3 Å². The van der Waals surface area contributed by atoms with Crippen LogP contribution in [0.3, 0.4) is 0 Å². The average molecular weight is 365 g/mol. The van der Waals surface area contributed by atoms with E-state index < -0.39 is 0 Å². The van der Waals surface area contributed by atoms with Gasteiger partial charge in [-0.2, -0.15) is 0 Å². The molecule has 0 saturated carbocycles. The van der Waals surface area contributed by atoms with E-state index in [0.717, 1.165) is 28.2 Å². The number of carbonyl (C=O) groups is 1. The number of aromatic nitrogens is 1. The predicted octanol–water partition coefficient (Wildman–Crippen LogP) is 3.48. The van der Waals surface area contributed by atoms with Gasteiger partial charge in [-0.1, -0.05) is 22.0 Å². The van der Waals surface area contributed by atoms with Gasteiger partial charge in [0.05, 0.1) is 5.60 Å². The highest BCUT2D eigenvalue weighted by Crippen LogP contribution is 2.24. The molecule has 22 heavy (non-hydrogen) atoms. The van der Waals surface area contributed by atoms with Crippen LogP contribution in [-0.2, 0) is 16.1 Å². The first-order valence-electron chi connectivity index (χ1n) is 7.61. The second-order valence-corrected chi connectivity index (χ2v) is 7.43. The Hall–Kier alpha value is -1.33. The summed E-state index contributed by atoms with van der Waals surface area (Å²) in [5.74, 6) is 0.0557. The van der Waals surface area contributed by atoms with Crippen molar-refractivity contribution in [3.63, 3.8) is 0 Å². The lowest BCUT2D eigenvalue weighted by Crippen LogP contribution is -2.46. The molecule has 1 aromatic carbocycles. The fraction of sp³-hybridized carbons (Fsp3) is 0.471. The molecular formula is C17H21BrN2O2.